The number of carbonyl (C=O) groups is 1. The van der Waals surface area contributed by atoms with E-state index in [0.29, 0.717) is 12.0 Å². The first kappa shape index (κ1) is 13.4. The number of halogens is 1. The maximum absolute atomic E-state index is 11.8. The van der Waals surface area contributed by atoms with Crippen molar-refractivity contribution in [3.8, 4) is 0 Å². The summed E-state index contributed by atoms with van der Waals surface area (Å²) in [5.41, 5.74) is 0.645. The Morgan fingerprint density at radius 3 is 3.06 bits per heavy atom. The van der Waals surface area contributed by atoms with Crippen LogP contribution in [0.1, 0.15) is 30.1 Å². The molecular weight excluding hydrogens is 319 g/mol. The van der Waals surface area contributed by atoms with Crippen molar-refractivity contribution in [2.75, 3.05) is 6.61 Å². The van der Waals surface area contributed by atoms with Crippen molar-refractivity contribution in [3.63, 3.8) is 0 Å². The van der Waals surface area contributed by atoms with E-state index in [2.05, 4.69) is 32.9 Å². The molecule has 0 spiro atoms. The Balaban J connectivity index is 2.56. The molecule has 1 unspecified atom stereocenters. The zero-order valence-corrected chi connectivity index (χ0v) is 11.3. The molecule has 1 aromatic heterocycles. The molecule has 0 aromatic carbocycles. The standard InChI is InChI=1S/C11H15IN2O2/c1-8(3-2-6-15)14-11(16)9-4-5-13-7-10(9)12/h4-5,7-8,15H,2-3,6H2,1H3,(H,14,16). The smallest absolute Gasteiger partial charge is 0.252 e. The number of hydrogen-bond donors (Lipinski definition) is 2. The van der Waals surface area contributed by atoms with Crippen molar-refractivity contribution in [3.05, 3.63) is 27.6 Å². The van der Waals surface area contributed by atoms with Gasteiger partial charge in [-0.2, -0.15) is 0 Å². The Morgan fingerprint density at radius 1 is 1.69 bits per heavy atom. The third-order valence-corrected chi connectivity index (χ3v) is 3.05. The lowest BCUT2D eigenvalue weighted by atomic mass is 10.1. The van der Waals surface area contributed by atoms with Crippen LogP contribution in [0.4, 0.5) is 0 Å². The monoisotopic (exact) mass is 334 g/mol. The van der Waals surface area contributed by atoms with Crippen LogP contribution in [0.5, 0.6) is 0 Å². The van der Waals surface area contributed by atoms with Crippen LogP contribution in [-0.4, -0.2) is 28.6 Å². The summed E-state index contributed by atoms with van der Waals surface area (Å²) in [6.07, 6.45) is 4.75. The van der Waals surface area contributed by atoms with Crippen LogP contribution in [0, 0.1) is 3.57 Å². The highest BCUT2D eigenvalue weighted by Crippen LogP contribution is 2.10. The number of amides is 1. The molecule has 0 radical (unpaired) electrons. The van der Waals surface area contributed by atoms with Crippen molar-refractivity contribution in [1.82, 2.24) is 10.3 Å². The first-order chi connectivity index (χ1) is 7.65. The van der Waals surface area contributed by atoms with Gasteiger partial charge >= 0.3 is 0 Å². The first-order valence-electron chi connectivity index (χ1n) is 5.16. The highest BCUT2D eigenvalue weighted by atomic mass is 127. The van der Waals surface area contributed by atoms with E-state index in [0.717, 1.165) is 9.99 Å². The Labute approximate surface area is 109 Å². The summed E-state index contributed by atoms with van der Waals surface area (Å²) in [6.45, 7) is 2.09. The molecule has 0 saturated carbocycles. The van der Waals surface area contributed by atoms with Gasteiger partial charge < -0.3 is 10.4 Å². The molecule has 0 fully saturated rings. The molecule has 2 N–H and O–H groups in total. The first-order valence-corrected chi connectivity index (χ1v) is 6.24. The molecule has 4 nitrogen and oxygen atoms in total. The summed E-state index contributed by atoms with van der Waals surface area (Å²) < 4.78 is 0.840. The summed E-state index contributed by atoms with van der Waals surface area (Å²) in [5.74, 6) is -0.0859. The van der Waals surface area contributed by atoms with Gasteiger partial charge in [0.25, 0.3) is 5.91 Å². The predicted molar refractivity (Wildman–Crippen MR) is 70.2 cm³/mol. The normalized spacial score (nSPS) is 12.2. The minimum atomic E-state index is -0.0859. The number of aromatic nitrogens is 1. The van der Waals surface area contributed by atoms with Crippen molar-refractivity contribution in [2.24, 2.45) is 0 Å². The van der Waals surface area contributed by atoms with Gasteiger partial charge in [-0.05, 0) is 48.4 Å². The van der Waals surface area contributed by atoms with E-state index >= 15 is 0 Å². The number of rotatable bonds is 5. The molecule has 88 valence electrons. The third-order valence-electron chi connectivity index (χ3n) is 2.19. The van der Waals surface area contributed by atoms with Crippen LogP contribution in [-0.2, 0) is 0 Å². The Kier molecular flexibility index (Phi) is 5.68. The maximum atomic E-state index is 11.8. The van der Waals surface area contributed by atoms with E-state index in [1.54, 1.807) is 18.5 Å². The number of pyridine rings is 1. The van der Waals surface area contributed by atoms with Crippen molar-refractivity contribution in [1.29, 1.82) is 0 Å². The molecule has 5 heteroatoms. The predicted octanol–water partition coefficient (Wildman–Crippen LogP) is 1.58. The molecule has 1 rings (SSSR count). The number of aliphatic hydroxyl groups excluding tert-OH is 1. The lowest BCUT2D eigenvalue weighted by molar-refractivity contribution is 0.0935. The zero-order chi connectivity index (χ0) is 12.0. The molecule has 0 aliphatic heterocycles. The second-order valence-corrected chi connectivity index (χ2v) is 4.76. The summed E-state index contributed by atoms with van der Waals surface area (Å²) >= 11 is 2.09. The molecule has 16 heavy (non-hydrogen) atoms. The van der Waals surface area contributed by atoms with Gasteiger partial charge in [0.05, 0.1) is 5.56 Å². The van der Waals surface area contributed by atoms with Crippen molar-refractivity contribution in [2.45, 2.75) is 25.8 Å². The molecule has 0 aliphatic carbocycles. The van der Waals surface area contributed by atoms with Gasteiger partial charge in [0.15, 0.2) is 0 Å². The average Bonchev–Trinajstić information content (AvgIpc) is 2.26. The van der Waals surface area contributed by atoms with Gasteiger partial charge in [0.1, 0.15) is 0 Å². The van der Waals surface area contributed by atoms with E-state index in [-0.39, 0.29) is 18.6 Å². The molecule has 0 saturated heterocycles. The van der Waals surface area contributed by atoms with Crippen LogP contribution in [0.3, 0.4) is 0 Å². The number of nitrogens with zero attached hydrogens (tertiary/aromatic N) is 1. The lowest BCUT2D eigenvalue weighted by Gasteiger charge is -2.13. The van der Waals surface area contributed by atoms with Gasteiger partial charge in [0, 0.05) is 28.6 Å². The molecule has 1 aromatic rings. The van der Waals surface area contributed by atoms with Gasteiger partial charge in [-0.3, -0.25) is 9.78 Å². The second-order valence-electron chi connectivity index (χ2n) is 3.60. The number of hydrogen-bond acceptors (Lipinski definition) is 3. The quantitative estimate of drug-likeness (QED) is 0.804. The van der Waals surface area contributed by atoms with E-state index in [4.69, 9.17) is 5.11 Å². The number of nitrogens with one attached hydrogen (secondary N) is 1. The average molecular weight is 334 g/mol. The Morgan fingerprint density at radius 2 is 2.44 bits per heavy atom. The SMILES string of the molecule is CC(CCCO)NC(=O)c1ccncc1I. The topological polar surface area (TPSA) is 62.2 Å². The van der Waals surface area contributed by atoms with Gasteiger partial charge in [-0.25, -0.2) is 0 Å². The zero-order valence-electron chi connectivity index (χ0n) is 9.11. The minimum Gasteiger partial charge on any atom is -0.396 e. The molecule has 1 atom stereocenters. The maximum Gasteiger partial charge on any atom is 0.252 e. The molecule has 1 heterocycles. The van der Waals surface area contributed by atoms with Gasteiger partial charge in [0.2, 0.25) is 0 Å². The second kappa shape index (κ2) is 6.80. The molecular formula is C11H15IN2O2. The van der Waals surface area contributed by atoms with Crippen molar-refractivity contribution >= 4 is 28.5 Å². The van der Waals surface area contributed by atoms with Crippen molar-refractivity contribution < 1.29 is 9.90 Å². The fourth-order valence-corrected chi connectivity index (χ4v) is 1.92. The van der Waals surface area contributed by atoms with Crippen LogP contribution >= 0.6 is 22.6 Å². The highest BCUT2D eigenvalue weighted by Gasteiger charge is 2.11. The largest absolute Gasteiger partial charge is 0.396 e. The molecule has 0 aliphatic rings. The van der Waals surface area contributed by atoms with Crippen LogP contribution in [0.25, 0.3) is 0 Å². The highest BCUT2D eigenvalue weighted by molar-refractivity contribution is 14.1. The fourth-order valence-electron chi connectivity index (χ4n) is 1.33. The molecule has 0 bridgehead atoms. The van der Waals surface area contributed by atoms with Crippen LogP contribution in [0.2, 0.25) is 0 Å². The summed E-state index contributed by atoms with van der Waals surface area (Å²) in [7, 11) is 0. The summed E-state index contributed by atoms with van der Waals surface area (Å²) in [4.78, 5) is 15.8. The van der Waals surface area contributed by atoms with Gasteiger partial charge in [-0.1, -0.05) is 0 Å². The third kappa shape index (κ3) is 4.05. The number of aliphatic hydroxyl groups is 1. The fraction of sp³-hybridized carbons (Fsp3) is 0.455. The summed E-state index contributed by atoms with van der Waals surface area (Å²) in [6, 6.07) is 1.78. The minimum absolute atomic E-state index is 0.0728. The number of carbonyl (C=O) groups excluding carboxylic acids is 1. The van der Waals surface area contributed by atoms with E-state index in [1.165, 1.54) is 0 Å². The Hall–Kier alpha value is -0.690. The lowest BCUT2D eigenvalue weighted by Crippen LogP contribution is -2.33. The Bertz CT molecular complexity index is 358. The van der Waals surface area contributed by atoms with E-state index in [1.807, 2.05) is 6.92 Å². The van der Waals surface area contributed by atoms with E-state index < -0.39 is 0 Å². The van der Waals surface area contributed by atoms with Crippen LogP contribution in [0.15, 0.2) is 18.5 Å². The summed E-state index contributed by atoms with van der Waals surface area (Å²) in [5, 5.41) is 11.6. The van der Waals surface area contributed by atoms with Crippen LogP contribution < -0.4 is 5.32 Å². The van der Waals surface area contributed by atoms with Gasteiger partial charge in [-0.15, -0.1) is 0 Å². The van der Waals surface area contributed by atoms with E-state index in [9.17, 15) is 4.79 Å². The molecule has 1 amide bonds.